The zero-order valence-corrected chi connectivity index (χ0v) is 15.6. The summed E-state index contributed by atoms with van der Waals surface area (Å²) < 4.78 is 49.5. The van der Waals surface area contributed by atoms with Gasteiger partial charge in [-0.05, 0) is 24.3 Å². The second-order valence-corrected chi connectivity index (χ2v) is 7.99. The van der Waals surface area contributed by atoms with Crippen LogP contribution in [-0.4, -0.2) is 37.7 Å². The van der Waals surface area contributed by atoms with E-state index in [1.54, 1.807) is 30.3 Å². The molecule has 1 unspecified atom stereocenters. The van der Waals surface area contributed by atoms with Crippen LogP contribution in [0.15, 0.2) is 64.6 Å². The van der Waals surface area contributed by atoms with Crippen molar-refractivity contribution in [2.45, 2.75) is 23.1 Å². The van der Waals surface area contributed by atoms with Crippen molar-refractivity contribution in [1.29, 1.82) is 0 Å². The highest BCUT2D eigenvalue weighted by Gasteiger charge is 2.36. The predicted molar refractivity (Wildman–Crippen MR) is 102 cm³/mol. The summed E-state index contributed by atoms with van der Waals surface area (Å²) in [5, 5.41) is 7.70. The zero-order valence-electron chi connectivity index (χ0n) is 14.8. The molecule has 1 aliphatic heterocycles. The van der Waals surface area contributed by atoms with E-state index in [0.29, 0.717) is 5.69 Å². The molecule has 0 bridgehead atoms. The van der Waals surface area contributed by atoms with Crippen molar-refractivity contribution in [3.05, 3.63) is 54.6 Å². The molecule has 1 aliphatic rings. The second-order valence-electron chi connectivity index (χ2n) is 6.11. The Labute approximate surface area is 164 Å². The number of halogens is 2. The van der Waals surface area contributed by atoms with E-state index in [1.165, 1.54) is 23.2 Å². The van der Waals surface area contributed by atoms with Gasteiger partial charge in [0.2, 0.25) is 15.7 Å². The Morgan fingerprint density at radius 1 is 1.10 bits per heavy atom. The number of alkyl halides is 2. The van der Waals surface area contributed by atoms with E-state index in [-0.39, 0.29) is 17.8 Å². The number of hydrogen-bond acceptors (Lipinski definition) is 6. The summed E-state index contributed by atoms with van der Waals surface area (Å²) in [5.74, 6) is -5.18. The molecule has 11 heteroatoms. The van der Waals surface area contributed by atoms with Gasteiger partial charge in [0.1, 0.15) is 11.8 Å². The number of rotatable bonds is 6. The van der Waals surface area contributed by atoms with Gasteiger partial charge in [0.05, 0.1) is 16.3 Å². The highest BCUT2D eigenvalue weighted by Crippen LogP contribution is 2.28. The molecule has 2 aromatic rings. The van der Waals surface area contributed by atoms with Crippen molar-refractivity contribution in [1.82, 2.24) is 0 Å². The third kappa shape index (κ3) is 4.09. The molecule has 3 rings (SSSR count). The lowest BCUT2D eigenvalue weighted by atomic mass is 10.1. The maximum absolute atomic E-state index is 12.9. The van der Waals surface area contributed by atoms with Crippen molar-refractivity contribution >= 4 is 38.7 Å². The maximum atomic E-state index is 12.9. The number of carbonyl (C=O) groups excluding carboxylic acids is 2. The van der Waals surface area contributed by atoms with Gasteiger partial charge in [0, 0.05) is 6.42 Å². The van der Waals surface area contributed by atoms with Gasteiger partial charge in [-0.15, -0.1) is 0 Å². The topological polar surface area (TPSA) is 122 Å². The molecule has 0 aliphatic carbocycles. The van der Waals surface area contributed by atoms with Crippen LogP contribution < -0.4 is 16.1 Å². The standard InChI is InChI=1S/C18H16F2N4O4S/c19-18(20)29(27,28)15-9-5-4-8-12(15)22-17(26)13-10-14(16(21)25)24(23-13)11-6-2-1-3-7-11/h1-9,14,18H,10H2,(H2,21,25)(H,22,26). The Morgan fingerprint density at radius 2 is 1.72 bits per heavy atom. The number of nitrogens with one attached hydrogen (secondary N) is 1. The van der Waals surface area contributed by atoms with Gasteiger partial charge in [-0.3, -0.25) is 14.6 Å². The first-order chi connectivity index (χ1) is 13.7. The molecule has 0 fully saturated rings. The molecule has 3 N–H and O–H groups in total. The van der Waals surface area contributed by atoms with Gasteiger partial charge in [0.25, 0.3) is 5.91 Å². The molecule has 8 nitrogen and oxygen atoms in total. The van der Waals surface area contributed by atoms with Gasteiger partial charge in [-0.25, -0.2) is 8.42 Å². The smallest absolute Gasteiger partial charge is 0.341 e. The molecular weight excluding hydrogens is 406 g/mol. The van der Waals surface area contributed by atoms with Crippen molar-refractivity contribution in [2.24, 2.45) is 10.8 Å². The minimum absolute atomic E-state index is 0.0955. The first kappa shape index (κ1) is 20.4. The average molecular weight is 422 g/mol. The fourth-order valence-electron chi connectivity index (χ4n) is 2.80. The van der Waals surface area contributed by atoms with E-state index >= 15 is 0 Å². The van der Waals surface area contributed by atoms with Crippen LogP contribution in [0.25, 0.3) is 0 Å². The van der Waals surface area contributed by atoms with E-state index in [2.05, 4.69) is 10.4 Å². The largest absolute Gasteiger partial charge is 0.368 e. The van der Waals surface area contributed by atoms with Gasteiger partial charge >= 0.3 is 5.76 Å². The molecule has 0 radical (unpaired) electrons. The number of sulfone groups is 1. The van der Waals surface area contributed by atoms with E-state index in [1.807, 2.05) is 0 Å². The number of para-hydroxylation sites is 2. The van der Waals surface area contributed by atoms with Crippen LogP contribution in [0.5, 0.6) is 0 Å². The fourth-order valence-corrected chi connectivity index (χ4v) is 3.68. The van der Waals surface area contributed by atoms with Gasteiger partial charge in [-0.2, -0.15) is 13.9 Å². The predicted octanol–water partition coefficient (Wildman–Crippen LogP) is 1.74. The first-order valence-corrected chi connectivity index (χ1v) is 9.90. The van der Waals surface area contributed by atoms with Crippen molar-refractivity contribution in [2.75, 3.05) is 10.3 Å². The summed E-state index contributed by atoms with van der Waals surface area (Å²) in [6.07, 6.45) is -0.125. The molecule has 1 heterocycles. The zero-order chi connectivity index (χ0) is 21.2. The summed E-state index contributed by atoms with van der Waals surface area (Å²) in [6.45, 7) is 0. The Bertz CT molecular complexity index is 1070. The van der Waals surface area contributed by atoms with Crippen molar-refractivity contribution in [3.8, 4) is 0 Å². The molecule has 2 aromatic carbocycles. The maximum Gasteiger partial charge on any atom is 0.341 e. The summed E-state index contributed by atoms with van der Waals surface area (Å²) in [5.41, 5.74) is 5.53. The molecule has 0 saturated heterocycles. The molecular formula is C18H16F2N4O4S. The Balaban J connectivity index is 1.90. The number of anilines is 2. The summed E-state index contributed by atoms with van der Waals surface area (Å²) in [6, 6.07) is 12.4. The highest BCUT2D eigenvalue weighted by molar-refractivity contribution is 7.91. The lowest BCUT2D eigenvalue weighted by Gasteiger charge is -2.20. The molecule has 0 aromatic heterocycles. The number of carbonyl (C=O) groups is 2. The highest BCUT2D eigenvalue weighted by atomic mass is 32.2. The average Bonchev–Trinajstić information content (AvgIpc) is 3.15. The summed E-state index contributed by atoms with van der Waals surface area (Å²) in [7, 11) is -4.93. The quantitative estimate of drug-likeness (QED) is 0.734. The number of nitrogens with zero attached hydrogens (tertiary/aromatic N) is 2. The van der Waals surface area contributed by atoms with Crippen LogP contribution in [0, 0.1) is 0 Å². The molecule has 0 spiro atoms. The minimum Gasteiger partial charge on any atom is -0.368 e. The fraction of sp³-hybridized carbons (Fsp3) is 0.167. The van der Waals surface area contributed by atoms with Gasteiger partial charge < -0.3 is 11.1 Å². The third-order valence-electron chi connectivity index (χ3n) is 4.20. The lowest BCUT2D eigenvalue weighted by molar-refractivity contribution is -0.119. The van der Waals surface area contributed by atoms with Crippen LogP contribution >= 0.6 is 0 Å². The number of hydrogen-bond donors (Lipinski definition) is 2. The van der Waals surface area contributed by atoms with Crippen LogP contribution in [0.4, 0.5) is 20.2 Å². The number of benzene rings is 2. The van der Waals surface area contributed by atoms with Crippen molar-refractivity contribution in [3.63, 3.8) is 0 Å². The number of nitrogens with two attached hydrogens (primary N) is 1. The van der Waals surface area contributed by atoms with E-state index in [4.69, 9.17) is 5.73 Å². The van der Waals surface area contributed by atoms with Gasteiger partial charge in [0.15, 0.2) is 0 Å². The number of primary amides is 1. The molecule has 152 valence electrons. The van der Waals surface area contributed by atoms with Crippen LogP contribution in [0.2, 0.25) is 0 Å². The first-order valence-electron chi connectivity index (χ1n) is 8.35. The molecule has 1 atom stereocenters. The Hall–Kier alpha value is -3.34. The van der Waals surface area contributed by atoms with E-state index in [9.17, 15) is 26.8 Å². The minimum atomic E-state index is -4.93. The van der Waals surface area contributed by atoms with Crippen LogP contribution in [0.3, 0.4) is 0 Å². The monoisotopic (exact) mass is 422 g/mol. The summed E-state index contributed by atoms with van der Waals surface area (Å²) >= 11 is 0. The van der Waals surface area contributed by atoms with Crippen LogP contribution in [-0.2, 0) is 19.4 Å². The lowest BCUT2D eigenvalue weighted by Crippen LogP contribution is -2.39. The van der Waals surface area contributed by atoms with E-state index < -0.39 is 38.3 Å². The molecule has 29 heavy (non-hydrogen) atoms. The number of amides is 2. The van der Waals surface area contributed by atoms with Crippen LogP contribution in [0.1, 0.15) is 6.42 Å². The normalized spacial score (nSPS) is 16.6. The second kappa shape index (κ2) is 7.95. The van der Waals surface area contributed by atoms with E-state index in [0.717, 1.165) is 6.07 Å². The molecule has 0 saturated carbocycles. The van der Waals surface area contributed by atoms with Crippen molar-refractivity contribution < 1.29 is 26.8 Å². The third-order valence-corrected chi connectivity index (χ3v) is 5.64. The number of hydrazone groups is 1. The Morgan fingerprint density at radius 3 is 2.34 bits per heavy atom. The SMILES string of the molecule is NC(=O)C1CC(C(=O)Nc2ccccc2S(=O)(=O)C(F)F)=NN1c1ccccc1. The molecule has 2 amide bonds. The Kier molecular flexibility index (Phi) is 5.59. The summed E-state index contributed by atoms with van der Waals surface area (Å²) in [4.78, 5) is 23.7. The van der Waals surface area contributed by atoms with Gasteiger partial charge in [-0.1, -0.05) is 30.3 Å².